The molecule has 1 heterocycles. The van der Waals surface area contributed by atoms with Crippen LogP contribution in [0.25, 0.3) is 6.08 Å². The summed E-state index contributed by atoms with van der Waals surface area (Å²) in [5.41, 5.74) is 0.359. The van der Waals surface area contributed by atoms with Crippen LogP contribution in [0.2, 0.25) is 0 Å². The molecule has 164 valence electrons. The number of benzene rings is 3. The van der Waals surface area contributed by atoms with Gasteiger partial charge in [-0.3, -0.25) is 14.4 Å². The van der Waals surface area contributed by atoms with E-state index in [-0.39, 0.29) is 5.78 Å². The summed E-state index contributed by atoms with van der Waals surface area (Å²) in [6.45, 7) is 3.82. The van der Waals surface area contributed by atoms with Gasteiger partial charge in [-0.2, -0.15) is 0 Å². The van der Waals surface area contributed by atoms with Gasteiger partial charge in [0.2, 0.25) is 0 Å². The second-order valence-electron chi connectivity index (χ2n) is 8.80. The minimum absolute atomic E-state index is 0.190. The number of ketones is 2. The summed E-state index contributed by atoms with van der Waals surface area (Å²) in [4.78, 5) is 41.3. The third kappa shape index (κ3) is 2.87. The Labute approximate surface area is 192 Å². The molecular formula is C29H24O4. The Bertz CT molecular complexity index is 1290. The molecular weight excluding hydrogens is 412 g/mol. The molecule has 0 aromatic heterocycles. The highest BCUT2D eigenvalue weighted by Gasteiger charge is 2.88. The molecule has 3 atom stereocenters. The van der Waals surface area contributed by atoms with Gasteiger partial charge in [0, 0.05) is 17.0 Å². The Morgan fingerprint density at radius 2 is 1.61 bits per heavy atom. The molecule has 1 saturated carbocycles. The van der Waals surface area contributed by atoms with Crippen molar-refractivity contribution < 1.29 is 19.1 Å². The predicted molar refractivity (Wildman–Crippen MR) is 126 cm³/mol. The maximum Gasteiger partial charge on any atom is 0.327 e. The normalized spacial score (nSPS) is 25.2. The molecule has 3 aromatic rings. The number of esters is 1. The number of ether oxygens (including phenoxy) is 1. The lowest BCUT2D eigenvalue weighted by Gasteiger charge is -2.22. The van der Waals surface area contributed by atoms with Crippen LogP contribution in [0, 0.1) is 17.8 Å². The number of carbonyl (C=O) groups is 3. The number of carbonyl (C=O) groups excluding carboxylic acids is 3. The Morgan fingerprint density at radius 3 is 2.30 bits per heavy atom. The number of hydrogen-bond donors (Lipinski definition) is 0. The molecule has 5 rings (SSSR count). The molecule has 0 saturated heterocycles. The van der Waals surface area contributed by atoms with Crippen LogP contribution < -0.4 is 4.74 Å². The van der Waals surface area contributed by atoms with E-state index in [4.69, 9.17) is 4.74 Å². The minimum Gasteiger partial charge on any atom is -0.425 e. The first kappa shape index (κ1) is 21.1. The largest absolute Gasteiger partial charge is 0.425 e. The highest BCUT2D eigenvalue weighted by atomic mass is 16.5. The molecule has 0 N–H and O–H groups in total. The summed E-state index contributed by atoms with van der Waals surface area (Å²) in [5.74, 6) is -1.36. The highest BCUT2D eigenvalue weighted by Crippen LogP contribution is 2.80. The van der Waals surface area contributed by atoms with E-state index >= 15 is 0 Å². The van der Waals surface area contributed by atoms with Crippen molar-refractivity contribution in [2.75, 3.05) is 0 Å². The van der Waals surface area contributed by atoms with Crippen molar-refractivity contribution in [3.8, 4) is 5.75 Å². The van der Waals surface area contributed by atoms with Gasteiger partial charge in [0.25, 0.3) is 0 Å². The fourth-order valence-corrected chi connectivity index (χ4v) is 5.57. The lowest BCUT2D eigenvalue weighted by molar-refractivity contribution is -0.147. The van der Waals surface area contributed by atoms with E-state index in [1.165, 1.54) is 6.08 Å². The molecule has 0 bridgehead atoms. The fraction of sp³-hybridized carbons (Fsp3) is 0.207. The number of fused-ring (bicyclic) bond motifs is 3. The van der Waals surface area contributed by atoms with E-state index in [1.54, 1.807) is 30.3 Å². The standard InChI is InChI=1S/C29H24O4/c1-3-28(26(31)21-16-13-19(2)14-17-21)25-22-11-7-8-12-23(22)33-27(32)29(25,28)24(30)18-15-20-9-5-4-6-10-20/h4-18,25H,3H2,1-2H3. The van der Waals surface area contributed by atoms with Crippen LogP contribution >= 0.6 is 0 Å². The number of Topliss-reactive ketones (excluding diaryl/α,β-unsaturated/α-hetero) is 1. The number of aryl methyl sites for hydroxylation is 1. The molecule has 1 aliphatic heterocycles. The lowest BCUT2D eigenvalue weighted by atomic mass is 9.80. The van der Waals surface area contributed by atoms with Gasteiger partial charge in [-0.15, -0.1) is 0 Å². The van der Waals surface area contributed by atoms with Crippen molar-refractivity contribution in [2.24, 2.45) is 10.8 Å². The zero-order valence-electron chi connectivity index (χ0n) is 18.6. The lowest BCUT2D eigenvalue weighted by Crippen LogP contribution is -2.39. The first-order valence-electron chi connectivity index (χ1n) is 11.2. The number of para-hydroxylation sites is 1. The van der Waals surface area contributed by atoms with E-state index in [0.29, 0.717) is 17.7 Å². The predicted octanol–water partition coefficient (Wildman–Crippen LogP) is 5.56. The van der Waals surface area contributed by atoms with Crippen LogP contribution in [0.5, 0.6) is 5.75 Å². The zero-order chi connectivity index (χ0) is 23.2. The van der Waals surface area contributed by atoms with Crippen molar-refractivity contribution in [1.29, 1.82) is 0 Å². The molecule has 33 heavy (non-hydrogen) atoms. The number of rotatable bonds is 6. The van der Waals surface area contributed by atoms with Gasteiger partial charge >= 0.3 is 5.97 Å². The van der Waals surface area contributed by atoms with Crippen molar-refractivity contribution in [3.63, 3.8) is 0 Å². The maximum absolute atomic E-state index is 14.0. The van der Waals surface area contributed by atoms with Gasteiger partial charge < -0.3 is 4.74 Å². The summed E-state index contributed by atoms with van der Waals surface area (Å²) in [7, 11) is 0. The van der Waals surface area contributed by atoms with E-state index in [0.717, 1.165) is 16.7 Å². The van der Waals surface area contributed by atoms with Gasteiger partial charge in [-0.25, -0.2) is 0 Å². The topological polar surface area (TPSA) is 60.4 Å². The van der Waals surface area contributed by atoms with Crippen LogP contribution in [-0.2, 0) is 9.59 Å². The third-order valence-corrected chi connectivity index (χ3v) is 7.19. The van der Waals surface area contributed by atoms with Gasteiger partial charge in [-0.05, 0) is 31.1 Å². The van der Waals surface area contributed by atoms with E-state index in [2.05, 4.69) is 0 Å². The summed E-state index contributed by atoms with van der Waals surface area (Å²) in [5, 5.41) is 0. The van der Waals surface area contributed by atoms with Crippen molar-refractivity contribution in [1.82, 2.24) is 0 Å². The average molecular weight is 437 g/mol. The molecule has 2 aliphatic rings. The summed E-state index contributed by atoms with van der Waals surface area (Å²) in [6.07, 6.45) is 3.47. The zero-order valence-corrected chi connectivity index (χ0v) is 18.6. The van der Waals surface area contributed by atoms with Gasteiger partial charge in [0.1, 0.15) is 5.75 Å². The molecule has 1 fully saturated rings. The first-order valence-corrected chi connectivity index (χ1v) is 11.2. The molecule has 3 unspecified atom stereocenters. The Balaban J connectivity index is 1.66. The Kier molecular flexibility index (Phi) is 4.89. The smallest absolute Gasteiger partial charge is 0.327 e. The molecule has 4 heteroatoms. The van der Waals surface area contributed by atoms with E-state index in [9.17, 15) is 14.4 Å². The second kappa shape index (κ2) is 7.66. The molecule has 0 spiro atoms. The highest BCUT2D eigenvalue weighted by molar-refractivity contribution is 6.24. The quantitative estimate of drug-likeness (QED) is 0.167. The monoisotopic (exact) mass is 436 g/mol. The Morgan fingerprint density at radius 1 is 0.939 bits per heavy atom. The molecule has 0 amide bonds. The van der Waals surface area contributed by atoms with E-state index < -0.39 is 28.5 Å². The number of hydrogen-bond acceptors (Lipinski definition) is 4. The molecule has 3 aromatic carbocycles. The van der Waals surface area contributed by atoms with E-state index in [1.807, 2.05) is 68.4 Å². The van der Waals surface area contributed by atoms with Crippen LogP contribution in [0.15, 0.2) is 84.9 Å². The fourth-order valence-electron chi connectivity index (χ4n) is 5.57. The van der Waals surface area contributed by atoms with Crippen LogP contribution in [0.3, 0.4) is 0 Å². The van der Waals surface area contributed by atoms with Gasteiger partial charge in [0.15, 0.2) is 17.0 Å². The van der Waals surface area contributed by atoms with Crippen LogP contribution in [0.1, 0.15) is 46.3 Å². The van der Waals surface area contributed by atoms with Crippen LogP contribution in [-0.4, -0.2) is 17.5 Å². The van der Waals surface area contributed by atoms with Crippen molar-refractivity contribution >= 4 is 23.6 Å². The van der Waals surface area contributed by atoms with Crippen LogP contribution in [0.4, 0.5) is 0 Å². The first-order chi connectivity index (χ1) is 16.0. The van der Waals surface area contributed by atoms with Crippen molar-refractivity contribution in [3.05, 3.63) is 107 Å². The van der Waals surface area contributed by atoms with Gasteiger partial charge in [0.05, 0.1) is 5.41 Å². The third-order valence-electron chi connectivity index (χ3n) is 7.19. The molecule has 0 radical (unpaired) electrons. The summed E-state index contributed by atoms with van der Waals surface area (Å²) < 4.78 is 5.68. The van der Waals surface area contributed by atoms with Gasteiger partial charge in [-0.1, -0.05) is 91.4 Å². The number of allylic oxidation sites excluding steroid dienone is 1. The minimum atomic E-state index is -1.57. The van der Waals surface area contributed by atoms with Crippen molar-refractivity contribution in [2.45, 2.75) is 26.2 Å². The second-order valence-corrected chi connectivity index (χ2v) is 8.80. The SMILES string of the molecule is CCC1(C(=O)c2ccc(C)cc2)C2c3ccccc3OC(=O)C21C(=O)C=Cc1ccccc1. The summed E-state index contributed by atoms with van der Waals surface area (Å²) in [6, 6.07) is 23.9. The Hall–Kier alpha value is -3.79. The average Bonchev–Trinajstić information content (AvgIpc) is 3.50. The molecule has 1 aliphatic carbocycles. The molecule has 4 nitrogen and oxygen atoms in total. The summed E-state index contributed by atoms with van der Waals surface area (Å²) >= 11 is 0. The maximum atomic E-state index is 14.0.